The average molecular weight is 301 g/mol. The van der Waals surface area contributed by atoms with Gasteiger partial charge in [-0.3, -0.25) is 0 Å². The van der Waals surface area contributed by atoms with Crippen LogP contribution in [-0.4, -0.2) is 0 Å². The molecule has 0 aromatic heterocycles. The van der Waals surface area contributed by atoms with Crippen LogP contribution in [0.3, 0.4) is 0 Å². The van der Waals surface area contributed by atoms with Gasteiger partial charge in [-0.15, -0.1) is 12.3 Å². The summed E-state index contributed by atoms with van der Waals surface area (Å²) in [7, 11) is 0. The van der Waals surface area contributed by atoms with Gasteiger partial charge in [0, 0.05) is 6.42 Å². The van der Waals surface area contributed by atoms with Gasteiger partial charge in [0.15, 0.2) is 0 Å². The number of allylic oxidation sites excluding steroid dienone is 6. The second-order valence-corrected chi connectivity index (χ2v) is 6.90. The first-order valence-electron chi connectivity index (χ1n) is 8.83. The number of hydrogen-bond acceptors (Lipinski definition) is 0. The summed E-state index contributed by atoms with van der Waals surface area (Å²) in [4.78, 5) is 0. The van der Waals surface area contributed by atoms with E-state index in [1.165, 1.54) is 61.7 Å². The van der Waals surface area contributed by atoms with Crippen molar-refractivity contribution >= 4 is 0 Å². The molecular weight excluding hydrogens is 264 g/mol. The van der Waals surface area contributed by atoms with Crippen molar-refractivity contribution < 1.29 is 0 Å². The van der Waals surface area contributed by atoms with E-state index in [1.54, 1.807) is 0 Å². The van der Waals surface area contributed by atoms with Crippen LogP contribution in [0.5, 0.6) is 0 Å². The van der Waals surface area contributed by atoms with Crippen molar-refractivity contribution in [2.45, 2.75) is 86.0 Å². The lowest BCUT2D eigenvalue weighted by molar-refractivity contribution is 0.478. The van der Waals surface area contributed by atoms with Gasteiger partial charge in [-0.2, -0.15) is 0 Å². The normalized spacial score (nSPS) is 13.6. The Hall–Kier alpha value is -1.22. The highest BCUT2D eigenvalue weighted by atomic mass is 14.1. The van der Waals surface area contributed by atoms with Gasteiger partial charge in [-0.25, -0.2) is 0 Å². The van der Waals surface area contributed by atoms with E-state index in [2.05, 4.69) is 58.8 Å². The number of terminal acetylenes is 1. The molecule has 22 heavy (non-hydrogen) atoms. The summed E-state index contributed by atoms with van der Waals surface area (Å²) in [6.07, 6.45) is 21.7. The highest BCUT2D eigenvalue weighted by Crippen LogP contribution is 2.18. The smallest absolute Gasteiger partial charge is 0.0269 e. The monoisotopic (exact) mass is 300 g/mol. The minimum Gasteiger partial charge on any atom is -0.120 e. The van der Waals surface area contributed by atoms with Crippen molar-refractivity contribution in [3.05, 3.63) is 34.9 Å². The van der Waals surface area contributed by atoms with Gasteiger partial charge in [-0.05, 0) is 72.1 Å². The van der Waals surface area contributed by atoms with E-state index in [-0.39, 0.29) is 0 Å². The molecule has 0 aromatic carbocycles. The summed E-state index contributed by atoms with van der Waals surface area (Å²) < 4.78 is 0. The minimum atomic E-state index is 0.776. The van der Waals surface area contributed by atoms with Crippen LogP contribution in [0.1, 0.15) is 86.0 Å². The summed E-state index contributed by atoms with van der Waals surface area (Å²) >= 11 is 0. The lowest BCUT2D eigenvalue weighted by Crippen LogP contribution is -1.94. The van der Waals surface area contributed by atoms with Crippen LogP contribution in [0.25, 0.3) is 0 Å². The first-order valence-corrected chi connectivity index (χ1v) is 8.83. The molecule has 0 N–H and O–H groups in total. The second kappa shape index (κ2) is 13.4. The zero-order chi connectivity index (χ0) is 16.8. The van der Waals surface area contributed by atoms with Gasteiger partial charge in [-0.1, -0.05) is 48.3 Å². The van der Waals surface area contributed by atoms with Gasteiger partial charge >= 0.3 is 0 Å². The van der Waals surface area contributed by atoms with Crippen LogP contribution in [0, 0.1) is 18.3 Å². The summed E-state index contributed by atoms with van der Waals surface area (Å²) in [5.41, 5.74) is 4.41. The molecule has 0 amide bonds. The fourth-order valence-electron chi connectivity index (χ4n) is 2.51. The van der Waals surface area contributed by atoms with Gasteiger partial charge in [0.25, 0.3) is 0 Å². The molecule has 0 bridgehead atoms. The Morgan fingerprint density at radius 1 is 0.909 bits per heavy atom. The molecule has 0 saturated carbocycles. The highest BCUT2D eigenvalue weighted by Gasteiger charge is 2.01. The predicted molar refractivity (Wildman–Crippen MR) is 102 cm³/mol. The maximum absolute atomic E-state index is 5.27. The van der Waals surface area contributed by atoms with E-state index in [0.717, 1.165) is 12.3 Å². The maximum atomic E-state index is 5.27. The first kappa shape index (κ1) is 20.8. The van der Waals surface area contributed by atoms with Crippen molar-refractivity contribution in [2.24, 2.45) is 5.92 Å². The molecule has 0 aliphatic heterocycles. The van der Waals surface area contributed by atoms with Crippen LogP contribution in [0.4, 0.5) is 0 Å². The highest BCUT2D eigenvalue weighted by molar-refractivity contribution is 5.04. The molecule has 0 spiro atoms. The zero-order valence-electron chi connectivity index (χ0n) is 15.5. The third-order valence-corrected chi connectivity index (χ3v) is 4.08. The first-order chi connectivity index (χ1) is 10.5. The van der Waals surface area contributed by atoms with Crippen molar-refractivity contribution in [3.63, 3.8) is 0 Å². The fraction of sp³-hybridized carbons (Fsp3) is 0.636. The Kier molecular flexibility index (Phi) is 12.7. The molecule has 0 aliphatic rings. The molecule has 0 rings (SSSR count). The van der Waals surface area contributed by atoms with Gasteiger partial charge in [0.05, 0.1) is 0 Å². The van der Waals surface area contributed by atoms with E-state index in [9.17, 15) is 0 Å². The Labute approximate surface area is 139 Å². The van der Waals surface area contributed by atoms with Crippen molar-refractivity contribution in [2.75, 3.05) is 0 Å². The standard InChI is InChI=1S/C22H36/c1-7-8-13-20(4)15-10-17-22(6)18-11-16-21(5)14-9-12-19(2)3/h1,12-13,16,22H,8-11,14-15,17-18H2,2-6H3/b20-13+,21-16+. The molecular formula is C22H36. The van der Waals surface area contributed by atoms with Crippen LogP contribution in [0.2, 0.25) is 0 Å². The van der Waals surface area contributed by atoms with E-state index >= 15 is 0 Å². The maximum Gasteiger partial charge on any atom is 0.0269 e. The average Bonchev–Trinajstić information content (AvgIpc) is 2.44. The molecule has 0 heteroatoms. The molecule has 1 unspecified atom stereocenters. The van der Waals surface area contributed by atoms with Crippen LogP contribution >= 0.6 is 0 Å². The molecule has 0 aromatic rings. The van der Waals surface area contributed by atoms with Gasteiger partial charge < -0.3 is 0 Å². The lowest BCUT2D eigenvalue weighted by atomic mass is 9.96. The third kappa shape index (κ3) is 13.7. The molecule has 124 valence electrons. The van der Waals surface area contributed by atoms with Crippen LogP contribution in [0.15, 0.2) is 34.9 Å². The van der Waals surface area contributed by atoms with E-state index in [1.807, 2.05) is 0 Å². The van der Waals surface area contributed by atoms with E-state index in [4.69, 9.17) is 6.42 Å². The number of hydrogen-bond donors (Lipinski definition) is 0. The molecule has 0 nitrogen and oxygen atoms in total. The Morgan fingerprint density at radius 2 is 1.59 bits per heavy atom. The molecule has 0 saturated heterocycles. The van der Waals surface area contributed by atoms with Gasteiger partial charge in [0.2, 0.25) is 0 Å². The van der Waals surface area contributed by atoms with Crippen molar-refractivity contribution in [1.82, 2.24) is 0 Å². The molecule has 0 heterocycles. The minimum absolute atomic E-state index is 0.776. The predicted octanol–water partition coefficient (Wildman–Crippen LogP) is 7.24. The summed E-state index contributed by atoms with van der Waals surface area (Å²) in [6.45, 7) is 11.2. The third-order valence-electron chi connectivity index (χ3n) is 4.08. The summed E-state index contributed by atoms with van der Waals surface area (Å²) in [5.74, 6) is 3.49. The van der Waals surface area contributed by atoms with Crippen LogP contribution < -0.4 is 0 Å². The SMILES string of the molecule is C#CC/C=C(\C)CCCC(C)CC/C=C(\C)CCC=C(C)C. The molecule has 0 fully saturated rings. The largest absolute Gasteiger partial charge is 0.120 e. The Balaban J connectivity index is 3.78. The van der Waals surface area contributed by atoms with E-state index in [0.29, 0.717) is 0 Å². The van der Waals surface area contributed by atoms with E-state index < -0.39 is 0 Å². The Bertz CT molecular complexity index is 408. The summed E-state index contributed by atoms with van der Waals surface area (Å²) in [6, 6.07) is 0. The van der Waals surface area contributed by atoms with Crippen molar-refractivity contribution in [1.29, 1.82) is 0 Å². The fourth-order valence-corrected chi connectivity index (χ4v) is 2.51. The molecule has 0 aliphatic carbocycles. The molecule has 1 atom stereocenters. The quantitative estimate of drug-likeness (QED) is 0.279. The second-order valence-electron chi connectivity index (χ2n) is 6.90. The van der Waals surface area contributed by atoms with Crippen LogP contribution in [-0.2, 0) is 0 Å². The topological polar surface area (TPSA) is 0 Å². The Morgan fingerprint density at radius 3 is 2.23 bits per heavy atom. The van der Waals surface area contributed by atoms with Crippen molar-refractivity contribution in [3.8, 4) is 12.3 Å². The van der Waals surface area contributed by atoms with Gasteiger partial charge in [0.1, 0.15) is 0 Å². The summed E-state index contributed by atoms with van der Waals surface area (Å²) in [5, 5.41) is 0. The molecule has 0 radical (unpaired) electrons. The zero-order valence-corrected chi connectivity index (χ0v) is 15.5. The lowest BCUT2D eigenvalue weighted by Gasteiger charge is -2.10. The number of rotatable bonds is 11.